The third-order valence-electron chi connectivity index (χ3n) is 3.63. The third-order valence-corrected chi connectivity index (χ3v) is 3.92. The molecule has 22 heavy (non-hydrogen) atoms. The molecule has 0 N–H and O–H groups in total. The number of hydrogen-bond donors (Lipinski definition) is 0. The number of ether oxygens (including phenoxy) is 1. The molecule has 2 aromatic rings. The molecule has 0 atom stereocenters. The maximum Gasteiger partial charge on any atom is 0.232 e. The van der Waals surface area contributed by atoms with Gasteiger partial charge >= 0.3 is 0 Å². The first-order chi connectivity index (χ1) is 10.4. The second-order valence-corrected chi connectivity index (χ2v) is 6.62. The summed E-state index contributed by atoms with van der Waals surface area (Å²) in [5, 5.41) is 0.518. The average Bonchev–Trinajstić information content (AvgIpc) is 2.49. The fraction of sp³-hybridized carbons (Fsp3) is 0.316. The highest BCUT2D eigenvalue weighted by Crippen LogP contribution is 2.29. The highest BCUT2D eigenvalue weighted by Gasteiger charge is 2.14. The van der Waals surface area contributed by atoms with Crippen LogP contribution in [-0.4, -0.2) is 12.1 Å². The Morgan fingerprint density at radius 1 is 1.09 bits per heavy atom. The minimum atomic E-state index is 0.149. The SMILES string of the molecule is C/C=C(\c1ccc(C(C)(C)C)cc1)c1ccc(Cl)c(OC)n1. The molecule has 116 valence electrons. The number of pyridine rings is 1. The molecule has 0 fully saturated rings. The zero-order chi connectivity index (χ0) is 16.3. The van der Waals surface area contributed by atoms with E-state index in [1.165, 1.54) is 5.56 Å². The Hall–Kier alpha value is -1.80. The van der Waals surface area contributed by atoms with Gasteiger partial charge in [0.15, 0.2) is 0 Å². The molecule has 0 unspecified atom stereocenters. The van der Waals surface area contributed by atoms with Crippen LogP contribution in [0.25, 0.3) is 5.57 Å². The molecule has 0 aliphatic heterocycles. The average molecular weight is 316 g/mol. The van der Waals surface area contributed by atoms with E-state index in [-0.39, 0.29) is 5.41 Å². The summed E-state index contributed by atoms with van der Waals surface area (Å²) >= 11 is 6.05. The topological polar surface area (TPSA) is 22.1 Å². The first-order valence-corrected chi connectivity index (χ1v) is 7.72. The Morgan fingerprint density at radius 2 is 1.73 bits per heavy atom. The van der Waals surface area contributed by atoms with Crippen molar-refractivity contribution in [2.24, 2.45) is 0 Å². The van der Waals surface area contributed by atoms with E-state index in [1.807, 2.05) is 19.1 Å². The van der Waals surface area contributed by atoms with Crippen molar-refractivity contribution in [1.29, 1.82) is 0 Å². The normalized spacial score (nSPS) is 12.4. The monoisotopic (exact) mass is 315 g/mol. The maximum atomic E-state index is 6.05. The Labute approximate surface area is 137 Å². The molecule has 1 heterocycles. The summed E-state index contributed by atoms with van der Waals surface area (Å²) in [4.78, 5) is 4.49. The van der Waals surface area contributed by atoms with E-state index in [0.29, 0.717) is 10.9 Å². The zero-order valence-electron chi connectivity index (χ0n) is 13.8. The van der Waals surface area contributed by atoms with Crippen molar-refractivity contribution in [1.82, 2.24) is 4.98 Å². The van der Waals surface area contributed by atoms with Crippen molar-refractivity contribution in [3.63, 3.8) is 0 Å². The summed E-state index contributed by atoms with van der Waals surface area (Å²) in [5.41, 5.74) is 4.51. The summed E-state index contributed by atoms with van der Waals surface area (Å²) in [6, 6.07) is 12.4. The number of allylic oxidation sites excluding steroid dienone is 1. The molecule has 0 aliphatic carbocycles. The molecule has 1 aromatic heterocycles. The van der Waals surface area contributed by atoms with Crippen molar-refractivity contribution in [3.05, 3.63) is 64.3 Å². The van der Waals surface area contributed by atoms with Crippen LogP contribution in [0.2, 0.25) is 5.02 Å². The van der Waals surface area contributed by atoms with Crippen LogP contribution >= 0.6 is 11.6 Å². The van der Waals surface area contributed by atoms with Crippen LogP contribution in [-0.2, 0) is 5.41 Å². The fourth-order valence-corrected chi connectivity index (χ4v) is 2.51. The molecule has 0 bridgehead atoms. The summed E-state index contributed by atoms with van der Waals surface area (Å²) in [5.74, 6) is 0.449. The molecule has 0 saturated heterocycles. The predicted octanol–water partition coefficient (Wildman–Crippen LogP) is 5.49. The standard InChI is InChI=1S/C19H22ClNO/c1-6-15(17-12-11-16(20)18(21-17)22-5)13-7-9-14(10-8-13)19(2,3)4/h6-12H,1-5H3/b15-6+. The summed E-state index contributed by atoms with van der Waals surface area (Å²) in [7, 11) is 1.57. The van der Waals surface area contributed by atoms with E-state index in [1.54, 1.807) is 7.11 Å². The van der Waals surface area contributed by atoms with Crippen LogP contribution in [0.15, 0.2) is 42.5 Å². The second-order valence-electron chi connectivity index (χ2n) is 6.22. The Bertz CT molecular complexity index is 682. The minimum absolute atomic E-state index is 0.149. The van der Waals surface area contributed by atoms with Crippen molar-refractivity contribution in [2.45, 2.75) is 33.1 Å². The van der Waals surface area contributed by atoms with Gasteiger partial charge in [0.2, 0.25) is 5.88 Å². The van der Waals surface area contributed by atoms with Gasteiger partial charge in [-0.25, -0.2) is 4.98 Å². The molecule has 2 nitrogen and oxygen atoms in total. The summed E-state index contributed by atoms with van der Waals surface area (Å²) in [6.07, 6.45) is 2.06. The highest BCUT2D eigenvalue weighted by molar-refractivity contribution is 6.31. The summed E-state index contributed by atoms with van der Waals surface area (Å²) in [6.45, 7) is 8.65. The number of aromatic nitrogens is 1. The summed E-state index contributed by atoms with van der Waals surface area (Å²) < 4.78 is 5.21. The highest BCUT2D eigenvalue weighted by atomic mass is 35.5. The van der Waals surface area contributed by atoms with Crippen molar-refractivity contribution in [3.8, 4) is 5.88 Å². The van der Waals surface area contributed by atoms with Crippen LogP contribution < -0.4 is 4.74 Å². The van der Waals surface area contributed by atoms with Gasteiger partial charge in [-0.05, 0) is 35.6 Å². The number of rotatable bonds is 3. The number of nitrogens with zero attached hydrogens (tertiary/aromatic N) is 1. The van der Waals surface area contributed by atoms with Gasteiger partial charge in [-0.3, -0.25) is 0 Å². The first-order valence-electron chi connectivity index (χ1n) is 7.35. The lowest BCUT2D eigenvalue weighted by Gasteiger charge is -2.19. The molecule has 0 amide bonds. The lowest BCUT2D eigenvalue weighted by atomic mass is 9.86. The van der Waals surface area contributed by atoms with Gasteiger partial charge in [-0.1, -0.05) is 62.7 Å². The van der Waals surface area contributed by atoms with Gasteiger partial charge < -0.3 is 4.74 Å². The Balaban J connectivity index is 2.41. The van der Waals surface area contributed by atoms with E-state index >= 15 is 0 Å². The Morgan fingerprint density at radius 3 is 2.23 bits per heavy atom. The lowest BCUT2D eigenvalue weighted by molar-refractivity contribution is 0.398. The quantitative estimate of drug-likeness (QED) is 0.747. The number of methoxy groups -OCH3 is 1. The van der Waals surface area contributed by atoms with E-state index in [9.17, 15) is 0 Å². The van der Waals surface area contributed by atoms with Crippen molar-refractivity contribution in [2.75, 3.05) is 7.11 Å². The fourth-order valence-electron chi connectivity index (χ4n) is 2.33. The van der Waals surface area contributed by atoms with Gasteiger partial charge in [0.1, 0.15) is 5.02 Å². The van der Waals surface area contributed by atoms with Crippen LogP contribution in [0.4, 0.5) is 0 Å². The first kappa shape index (κ1) is 16.6. The van der Waals surface area contributed by atoms with Gasteiger partial charge in [0.25, 0.3) is 0 Å². The van der Waals surface area contributed by atoms with Crippen molar-refractivity contribution >= 4 is 17.2 Å². The van der Waals surface area contributed by atoms with Crippen LogP contribution in [0.1, 0.15) is 44.5 Å². The van der Waals surface area contributed by atoms with Gasteiger partial charge in [-0.15, -0.1) is 0 Å². The van der Waals surface area contributed by atoms with Gasteiger partial charge in [-0.2, -0.15) is 0 Å². The zero-order valence-corrected chi connectivity index (χ0v) is 14.5. The largest absolute Gasteiger partial charge is 0.480 e. The van der Waals surface area contributed by atoms with E-state index in [4.69, 9.17) is 16.3 Å². The van der Waals surface area contributed by atoms with Gasteiger partial charge in [0, 0.05) is 5.57 Å². The van der Waals surface area contributed by atoms with Crippen LogP contribution in [0.5, 0.6) is 5.88 Å². The third kappa shape index (κ3) is 3.50. The molecule has 1 aromatic carbocycles. The maximum absolute atomic E-state index is 6.05. The van der Waals surface area contributed by atoms with Crippen LogP contribution in [0.3, 0.4) is 0 Å². The Kier molecular flexibility index (Phi) is 4.92. The smallest absolute Gasteiger partial charge is 0.232 e. The number of hydrogen-bond acceptors (Lipinski definition) is 2. The molecule has 2 rings (SSSR count). The minimum Gasteiger partial charge on any atom is -0.480 e. The van der Waals surface area contributed by atoms with Crippen LogP contribution in [0, 0.1) is 0 Å². The molecular weight excluding hydrogens is 294 g/mol. The molecular formula is C19H22ClNO. The molecule has 0 aliphatic rings. The second kappa shape index (κ2) is 6.53. The predicted molar refractivity (Wildman–Crippen MR) is 93.7 cm³/mol. The number of halogens is 1. The van der Waals surface area contributed by atoms with Gasteiger partial charge in [0.05, 0.1) is 12.8 Å². The molecule has 0 radical (unpaired) electrons. The lowest BCUT2D eigenvalue weighted by Crippen LogP contribution is -2.10. The van der Waals surface area contributed by atoms with E-state index in [0.717, 1.165) is 16.8 Å². The molecule has 0 spiro atoms. The van der Waals surface area contributed by atoms with Crippen molar-refractivity contribution < 1.29 is 4.74 Å². The van der Waals surface area contributed by atoms with E-state index in [2.05, 4.69) is 56.1 Å². The molecule has 3 heteroatoms. The number of benzene rings is 1. The van der Waals surface area contributed by atoms with E-state index < -0.39 is 0 Å². The molecule has 0 saturated carbocycles.